The molecule has 2 aromatic rings. The molecule has 1 amide bonds. The van der Waals surface area contributed by atoms with Crippen molar-refractivity contribution in [1.29, 1.82) is 0 Å². The average molecular weight is 303 g/mol. The van der Waals surface area contributed by atoms with E-state index in [0.717, 1.165) is 16.7 Å². The van der Waals surface area contributed by atoms with Crippen LogP contribution in [0.3, 0.4) is 0 Å². The summed E-state index contributed by atoms with van der Waals surface area (Å²) in [4.78, 5) is 23.2. The molecule has 0 aliphatic rings. The summed E-state index contributed by atoms with van der Waals surface area (Å²) in [6.07, 6.45) is 0.729. The fourth-order valence-corrected chi connectivity index (χ4v) is 1.86. The first kappa shape index (κ1) is 15.5. The summed E-state index contributed by atoms with van der Waals surface area (Å²) in [5.74, 6) is -0.942. The van der Waals surface area contributed by atoms with Crippen LogP contribution in [-0.2, 0) is 22.5 Å². The van der Waals surface area contributed by atoms with E-state index in [-0.39, 0.29) is 24.0 Å². The molecule has 0 fully saturated rings. The van der Waals surface area contributed by atoms with Crippen molar-refractivity contribution in [1.82, 2.24) is 20.3 Å². The first-order valence-corrected chi connectivity index (χ1v) is 6.69. The summed E-state index contributed by atoms with van der Waals surface area (Å²) < 4.78 is 5.67. The molecule has 3 N–H and O–H groups in total. The van der Waals surface area contributed by atoms with Crippen LogP contribution in [0, 0.1) is 0 Å². The van der Waals surface area contributed by atoms with E-state index in [4.69, 9.17) is 5.73 Å². The Morgan fingerprint density at radius 3 is 2.73 bits per heavy atom. The average Bonchev–Trinajstić information content (AvgIpc) is 2.88. The number of ether oxygens (including phenoxy) is 1. The highest BCUT2D eigenvalue weighted by atomic mass is 16.5. The third-order valence-electron chi connectivity index (χ3n) is 3.02. The van der Waals surface area contributed by atoms with E-state index in [1.54, 1.807) is 0 Å². The summed E-state index contributed by atoms with van der Waals surface area (Å²) >= 11 is 0. The van der Waals surface area contributed by atoms with E-state index in [9.17, 15) is 9.59 Å². The quantitative estimate of drug-likeness (QED) is 0.727. The fraction of sp³-hybridized carbons (Fsp3) is 0.286. The van der Waals surface area contributed by atoms with E-state index >= 15 is 0 Å². The predicted molar refractivity (Wildman–Crippen MR) is 78.9 cm³/mol. The molecule has 0 saturated carbocycles. The summed E-state index contributed by atoms with van der Waals surface area (Å²) in [5.41, 5.74) is 6.74. The number of amides is 1. The number of hydrogen-bond donors (Lipinski definition) is 2. The van der Waals surface area contributed by atoms with Crippen LogP contribution in [-0.4, -0.2) is 40.5 Å². The molecule has 22 heavy (non-hydrogen) atoms. The third-order valence-corrected chi connectivity index (χ3v) is 3.02. The van der Waals surface area contributed by atoms with E-state index in [1.165, 1.54) is 7.11 Å². The van der Waals surface area contributed by atoms with Gasteiger partial charge in [0.25, 0.3) is 0 Å². The first-order chi connectivity index (χ1) is 10.6. The molecular weight excluding hydrogens is 286 g/mol. The molecule has 2 rings (SSSR count). The Balaban J connectivity index is 1.85. The lowest BCUT2D eigenvalue weighted by atomic mass is 10.1. The number of hydrogen-bond acceptors (Lipinski definition) is 6. The Morgan fingerprint density at radius 2 is 2.05 bits per heavy atom. The first-order valence-electron chi connectivity index (χ1n) is 6.69. The highest BCUT2D eigenvalue weighted by Gasteiger charge is 2.18. The minimum Gasteiger partial charge on any atom is -0.464 e. The lowest BCUT2D eigenvalue weighted by Gasteiger charge is -2.06. The highest BCUT2D eigenvalue weighted by molar-refractivity contribution is 5.92. The number of carbonyl (C=O) groups is 2. The zero-order chi connectivity index (χ0) is 15.9. The summed E-state index contributed by atoms with van der Waals surface area (Å²) in [7, 11) is 1.22. The second-order valence-electron chi connectivity index (χ2n) is 4.56. The number of nitrogens with zero attached hydrogens (tertiary/aromatic N) is 3. The Kier molecular flexibility index (Phi) is 5.07. The van der Waals surface area contributed by atoms with E-state index in [1.807, 2.05) is 30.3 Å². The molecule has 0 atom stereocenters. The summed E-state index contributed by atoms with van der Waals surface area (Å²) in [6, 6.07) is 9.81. The topological polar surface area (TPSA) is 112 Å². The van der Waals surface area contributed by atoms with Gasteiger partial charge in [-0.05, 0) is 12.0 Å². The van der Waals surface area contributed by atoms with E-state index < -0.39 is 5.97 Å². The van der Waals surface area contributed by atoms with Crippen molar-refractivity contribution in [3.8, 4) is 0 Å². The molecule has 8 nitrogen and oxygen atoms in total. The lowest BCUT2D eigenvalue weighted by Crippen LogP contribution is -2.30. The number of rotatable bonds is 6. The number of nitrogen functional groups attached to an aromatic ring is 1. The molecule has 0 spiro atoms. The maximum absolute atomic E-state index is 11.8. The van der Waals surface area contributed by atoms with Crippen LogP contribution >= 0.6 is 0 Å². The molecule has 0 aliphatic heterocycles. The second kappa shape index (κ2) is 7.21. The van der Waals surface area contributed by atoms with Crippen molar-refractivity contribution in [2.45, 2.75) is 13.0 Å². The Hall–Kier alpha value is -2.90. The molecule has 0 unspecified atom stereocenters. The second-order valence-corrected chi connectivity index (χ2v) is 4.56. The van der Waals surface area contributed by atoms with Crippen LogP contribution < -0.4 is 11.1 Å². The van der Waals surface area contributed by atoms with Gasteiger partial charge in [-0.25, -0.2) is 9.48 Å². The third kappa shape index (κ3) is 3.81. The number of nitrogens with two attached hydrogens (primary N) is 1. The number of methoxy groups -OCH3 is 1. The molecular formula is C14H17N5O3. The Labute approximate surface area is 127 Å². The van der Waals surface area contributed by atoms with Gasteiger partial charge in [-0.1, -0.05) is 35.5 Å². The summed E-state index contributed by atoms with van der Waals surface area (Å²) in [5, 5.41) is 10.0. The SMILES string of the molecule is COC(=O)c1nnn(CC(=O)NCCc2ccccc2)c1N. The number of carbonyl (C=O) groups excluding carboxylic acids is 2. The van der Waals surface area contributed by atoms with Gasteiger partial charge in [-0.2, -0.15) is 0 Å². The van der Waals surface area contributed by atoms with Gasteiger partial charge in [0.05, 0.1) is 7.11 Å². The van der Waals surface area contributed by atoms with E-state index in [2.05, 4.69) is 20.4 Å². The standard InChI is InChI=1S/C14H17N5O3/c1-22-14(21)12-13(15)19(18-17-12)9-11(20)16-8-7-10-5-3-2-4-6-10/h2-6H,7-9,15H2,1H3,(H,16,20). The van der Waals surface area contributed by atoms with Crippen molar-refractivity contribution < 1.29 is 14.3 Å². The lowest BCUT2D eigenvalue weighted by molar-refractivity contribution is -0.121. The van der Waals surface area contributed by atoms with E-state index in [0.29, 0.717) is 6.54 Å². The number of aromatic nitrogens is 3. The zero-order valence-corrected chi connectivity index (χ0v) is 12.2. The van der Waals surface area contributed by atoms with Gasteiger partial charge in [0.15, 0.2) is 5.82 Å². The number of benzene rings is 1. The van der Waals surface area contributed by atoms with Crippen LogP contribution in [0.15, 0.2) is 30.3 Å². The molecule has 1 aromatic carbocycles. The maximum Gasteiger partial charge on any atom is 0.362 e. The van der Waals surface area contributed by atoms with Gasteiger partial charge in [0, 0.05) is 6.54 Å². The number of esters is 1. The molecule has 1 heterocycles. The molecule has 0 bridgehead atoms. The van der Waals surface area contributed by atoms with Crippen LogP contribution in [0.1, 0.15) is 16.1 Å². The normalized spacial score (nSPS) is 10.2. The van der Waals surface area contributed by atoms with Gasteiger partial charge in [0.1, 0.15) is 6.54 Å². The van der Waals surface area contributed by atoms with Crippen molar-refractivity contribution in [3.63, 3.8) is 0 Å². The van der Waals surface area contributed by atoms with Gasteiger partial charge >= 0.3 is 5.97 Å². The summed E-state index contributed by atoms with van der Waals surface area (Å²) in [6.45, 7) is 0.395. The predicted octanol–water partition coefficient (Wildman–Crippen LogP) is 0.00580. The monoisotopic (exact) mass is 303 g/mol. The molecule has 1 aromatic heterocycles. The van der Waals surface area contributed by atoms with Crippen molar-refractivity contribution in [2.75, 3.05) is 19.4 Å². The zero-order valence-electron chi connectivity index (χ0n) is 12.2. The van der Waals surface area contributed by atoms with Crippen LogP contribution in [0.25, 0.3) is 0 Å². The Morgan fingerprint density at radius 1 is 1.32 bits per heavy atom. The minimum absolute atomic E-state index is 0.00468. The minimum atomic E-state index is -0.687. The maximum atomic E-state index is 11.8. The Bertz CT molecular complexity index is 654. The fourth-order valence-electron chi connectivity index (χ4n) is 1.86. The molecule has 0 radical (unpaired) electrons. The smallest absolute Gasteiger partial charge is 0.362 e. The largest absolute Gasteiger partial charge is 0.464 e. The molecule has 0 aliphatic carbocycles. The van der Waals surface area contributed by atoms with Crippen molar-refractivity contribution in [3.05, 3.63) is 41.6 Å². The van der Waals surface area contributed by atoms with Gasteiger partial charge in [-0.3, -0.25) is 4.79 Å². The molecule has 0 saturated heterocycles. The van der Waals surface area contributed by atoms with Gasteiger partial charge < -0.3 is 15.8 Å². The van der Waals surface area contributed by atoms with Crippen LogP contribution in [0.5, 0.6) is 0 Å². The van der Waals surface area contributed by atoms with Gasteiger partial charge in [-0.15, -0.1) is 5.10 Å². The van der Waals surface area contributed by atoms with Crippen molar-refractivity contribution >= 4 is 17.7 Å². The highest BCUT2D eigenvalue weighted by Crippen LogP contribution is 2.08. The number of anilines is 1. The van der Waals surface area contributed by atoms with Crippen molar-refractivity contribution in [2.24, 2.45) is 0 Å². The number of nitrogens with one attached hydrogen (secondary N) is 1. The van der Waals surface area contributed by atoms with Gasteiger partial charge in [0.2, 0.25) is 11.6 Å². The van der Waals surface area contributed by atoms with Crippen LogP contribution in [0.2, 0.25) is 0 Å². The molecule has 8 heteroatoms. The molecule has 116 valence electrons. The van der Waals surface area contributed by atoms with Crippen LogP contribution in [0.4, 0.5) is 5.82 Å².